The van der Waals surface area contributed by atoms with Gasteiger partial charge in [-0.15, -0.1) is 0 Å². The molecule has 6 atom stereocenters. The number of rotatable bonds is 10. The quantitative estimate of drug-likeness (QED) is 0.0439. The van der Waals surface area contributed by atoms with Gasteiger partial charge in [0.2, 0.25) is 0 Å². The first-order valence-corrected chi connectivity index (χ1v) is 12.0. The largest absolute Gasteiger partial charge is 1.00 e. The minimum atomic E-state index is -5.08. The molecular weight excluding hydrogens is 465 g/mol. The van der Waals surface area contributed by atoms with Crippen LogP contribution in [0.1, 0.15) is 25.7 Å². The molecule has 0 radical (unpaired) electrons. The fraction of sp³-hybridized carbons (Fsp3) is 0.923. The summed E-state index contributed by atoms with van der Waals surface area (Å²) in [5.41, 5.74) is -1.18. The number of unbranched alkanes of at least 4 members (excludes halogenated alkanes) is 2. The zero-order chi connectivity index (χ0) is 20.6. The molecule has 1 heterocycles. The van der Waals surface area contributed by atoms with Gasteiger partial charge < -0.3 is 29.7 Å². The molecule has 4 N–H and O–H groups in total. The first-order valence-electron chi connectivity index (χ1n) is 8.03. The van der Waals surface area contributed by atoms with Gasteiger partial charge in [0.15, 0.2) is 0 Å². The molecule has 11 nitrogen and oxygen atoms in total. The summed E-state index contributed by atoms with van der Waals surface area (Å²) in [4.78, 5) is 0. The molecule has 0 spiro atoms. The van der Waals surface area contributed by atoms with Crippen molar-refractivity contribution >= 4 is 38.0 Å². The van der Waals surface area contributed by atoms with Crippen molar-refractivity contribution in [2.45, 2.75) is 55.5 Å². The Morgan fingerprint density at radius 3 is 2.39 bits per heavy atom. The number of nitrogens with zero attached hydrogens (tertiary/aromatic N) is 1. The molecule has 28 heavy (non-hydrogen) atoms. The summed E-state index contributed by atoms with van der Waals surface area (Å²) >= 11 is 0.711. The summed E-state index contributed by atoms with van der Waals surface area (Å²) < 4.78 is 52.1. The normalized spacial score (nSPS) is 29.8. The SMILES string of the molecule is CS(=O)CCCCC/C(=N\OS(=O)(=O)[O-])S[C@@H]1O[C@H](CO)[C@@H](O)[C@H](O)[C@H]1O.[K+]. The van der Waals surface area contributed by atoms with Gasteiger partial charge in [-0.1, -0.05) is 23.3 Å². The van der Waals surface area contributed by atoms with Crippen LogP contribution in [-0.2, 0) is 30.2 Å². The van der Waals surface area contributed by atoms with Crippen LogP contribution in [0.15, 0.2) is 5.16 Å². The minimum Gasteiger partial charge on any atom is -0.714 e. The van der Waals surface area contributed by atoms with Crippen LogP contribution in [0.3, 0.4) is 0 Å². The standard InChI is InChI=1S/C13H25NO10S3.K/c1-26(19)6-4-2-3-5-9(14-24-27(20,21)22)25-13-12(18)11(17)10(16)8(7-15)23-13;/h8,10-13,15-18H,2-7H2,1H3,(H,20,21,22);/q;+1/p-1/b14-9+;/t8-,10-,11+,12-,13+,26?;/m1./s1. The summed E-state index contributed by atoms with van der Waals surface area (Å²) in [6, 6.07) is 0. The number of hydrogen-bond donors (Lipinski definition) is 4. The van der Waals surface area contributed by atoms with Crippen molar-refractivity contribution in [3.05, 3.63) is 0 Å². The van der Waals surface area contributed by atoms with E-state index in [1.165, 1.54) is 0 Å². The van der Waals surface area contributed by atoms with Crippen molar-refractivity contribution in [3.63, 3.8) is 0 Å². The Labute approximate surface area is 213 Å². The van der Waals surface area contributed by atoms with Gasteiger partial charge in [-0.05, 0) is 19.3 Å². The number of aliphatic hydroxyl groups excluding tert-OH is 4. The van der Waals surface area contributed by atoms with E-state index in [1.807, 2.05) is 0 Å². The zero-order valence-corrected chi connectivity index (χ0v) is 21.1. The van der Waals surface area contributed by atoms with E-state index in [1.54, 1.807) is 6.26 Å². The molecule has 0 aromatic carbocycles. The van der Waals surface area contributed by atoms with Crippen molar-refractivity contribution in [1.82, 2.24) is 0 Å². The van der Waals surface area contributed by atoms with Gasteiger partial charge >= 0.3 is 51.4 Å². The molecule has 1 aliphatic rings. The average molecular weight is 490 g/mol. The Morgan fingerprint density at radius 2 is 1.86 bits per heavy atom. The second-order valence-corrected chi connectivity index (χ2v) is 9.56. The van der Waals surface area contributed by atoms with Crippen molar-refractivity contribution in [2.24, 2.45) is 5.16 Å². The molecule has 160 valence electrons. The summed E-state index contributed by atoms with van der Waals surface area (Å²) in [7, 11) is -6.01. The molecule has 0 saturated carbocycles. The van der Waals surface area contributed by atoms with Crippen LogP contribution in [0.5, 0.6) is 0 Å². The predicted molar refractivity (Wildman–Crippen MR) is 97.0 cm³/mol. The fourth-order valence-corrected chi connectivity index (χ4v) is 4.22. The Kier molecular flexibility index (Phi) is 15.1. The minimum absolute atomic E-state index is 0. The van der Waals surface area contributed by atoms with Crippen molar-refractivity contribution in [2.75, 3.05) is 18.6 Å². The fourth-order valence-electron chi connectivity index (χ4n) is 2.27. The predicted octanol–water partition coefficient (Wildman–Crippen LogP) is -4.75. The molecule has 1 rings (SSSR count). The van der Waals surface area contributed by atoms with E-state index in [-0.39, 0.29) is 62.8 Å². The van der Waals surface area contributed by atoms with E-state index >= 15 is 0 Å². The zero-order valence-electron chi connectivity index (χ0n) is 15.5. The second-order valence-electron chi connectivity index (χ2n) is 5.87. The van der Waals surface area contributed by atoms with E-state index in [4.69, 9.17) is 4.74 Å². The third-order valence-electron chi connectivity index (χ3n) is 3.65. The maximum absolute atomic E-state index is 11.0. The van der Waals surface area contributed by atoms with Gasteiger partial charge in [0, 0.05) is 22.8 Å². The number of aliphatic hydroxyl groups is 4. The summed E-state index contributed by atoms with van der Waals surface area (Å²) in [6.07, 6.45) is -2.24. The maximum atomic E-state index is 11.0. The molecule has 1 fully saturated rings. The first-order chi connectivity index (χ1) is 12.5. The maximum Gasteiger partial charge on any atom is 1.00 e. The van der Waals surface area contributed by atoms with E-state index < -0.39 is 57.7 Å². The third-order valence-corrected chi connectivity index (χ3v) is 5.95. The van der Waals surface area contributed by atoms with E-state index in [0.717, 1.165) is 0 Å². The van der Waals surface area contributed by atoms with Gasteiger partial charge in [-0.25, -0.2) is 0 Å². The van der Waals surface area contributed by atoms with Gasteiger partial charge in [0.25, 0.3) is 10.4 Å². The molecule has 15 heteroatoms. The van der Waals surface area contributed by atoms with E-state index in [9.17, 15) is 37.6 Å². The van der Waals surface area contributed by atoms with Crippen molar-refractivity contribution in [1.29, 1.82) is 0 Å². The van der Waals surface area contributed by atoms with Crippen LogP contribution in [-0.4, -0.2) is 91.1 Å². The number of hydrogen-bond acceptors (Lipinski definition) is 12. The van der Waals surface area contributed by atoms with Crippen LogP contribution in [0, 0.1) is 0 Å². The first kappa shape index (κ1) is 29.3. The van der Waals surface area contributed by atoms with Crippen LogP contribution in [0.4, 0.5) is 0 Å². The second kappa shape index (κ2) is 14.4. The van der Waals surface area contributed by atoms with Crippen LogP contribution < -0.4 is 51.4 Å². The topological polar surface area (TPSA) is 186 Å². The van der Waals surface area contributed by atoms with Crippen LogP contribution in [0.2, 0.25) is 0 Å². The van der Waals surface area contributed by atoms with Gasteiger partial charge in [0.05, 0.1) is 6.61 Å². The molecular formula is C13H24KNO10S3. The van der Waals surface area contributed by atoms with Crippen molar-refractivity contribution < 1.29 is 98.0 Å². The molecule has 1 aliphatic heterocycles. The van der Waals surface area contributed by atoms with Crippen LogP contribution in [0.25, 0.3) is 0 Å². The third kappa shape index (κ3) is 11.1. The summed E-state index contributed by atoms with van der Waals surface area (Å²) in [5, 5.41) is 42.0. The Bertz CT molecular complexity index is 618. The molecule has 1 saturated heterocycles. The average Bonchev–Trinajstić information content (AvgIpc) is 2.58. The number of ether oxygens (including phenoxy) is 1. The molecule has 0 aromatic rings. The molecule has 0 amide bonds. The molecule has 0 bridgehead atoms. The monoisotopic (exact) mass is 489 g/mol. The summed E-state index contributed by atoms with van der Waals surface area (Å²) in [6.45, 7) is -0.617. The molecule has 0 aromatic heterocycles. The Hall–Kier alpha value is 1.32. The van der Waals surface area contributed by atoms with Crippen LogP contribution >= 0.6 is 11.8 Å². The number of thioether (sulfide) groups is 1. The summed E-state index contributed by atoms with van der Waals surface area (Å²) in [5.74, 6) is 0.512. The molecule has 1 unspecified atom stereocenters. The van der Waals surface area contributed by atoms with Gasteiger partial charge in [-0.3, -0.25) is 8.49 Å². The van der Waals surface area contributed by atoms with E-state index in [2.05, 4.69) is 9.44 Å². The Morgan fingerprint density at radius 1 is 1.21 bits per heavy atom. The number of oxime groups is 1. The van der Waals surface area contributed by atoms with Gasteiger partial charge in [0.1, 0.15) is 34.9 Å². The smallest absolute Gasteiger partial charge is 0.714 e. The van der Waals surface area contributed by atoms with Crippen molar-refractivity contribution in [3.8, 4) is 0 Å². The Balaban J connectivity index is 0.00000729. The molecule has 0 aliphatic carbocycles. The van der Waals surface area contributed by atoms with Gasteiger partial charge in [-0.2, -0.15) is 8.42 Å². The van der Waals surface area contributed by atoms with E-state index in [0.29, 0.717) is 36.8 Å².